The van der Waals surface area contributed by atoms with E-state index in [-0.39, 0.29) is 0 Å². The lowest BCUT2D eigenvalue weighted by atomic mass is 9.82. The van der Waals surface area contributed by atoms with Gasteiger partial charge in [-0.25, -0.2) is 0 Å². The predicted octanol–water partition coefficient (Wildman–Crippen LogP) is 3.04. The average Bonchev–Trinajstić information content (AvgIpc) is 1.90. The number of hydrogen-bond acceptors (Lipinski definition) is 0. The van der Waals surface area contributed by atoms with Gasteiger partial charge in [0.05, 0.1) is 0 Å². The van der Waals surface area contributed by atoms with E-state index in [1.165, 1.54) is 25.7 Å². The van der Waals surface area contributed by atoms with Crippen molar-refractivity contribution >= 4 is 0 Å². The van der Waals surface area contributed by atoms with E-state index < -0.39 is 0 Å². The van der Waals surface area contributed by atoms with Gasteiger partial charge in [-0.2, -0.15) is 12.8 Å². The SMILES string of the molecule is CC(C)C1CC[CH-]CC1. The Morgan fingerprint density at radius 2 is 1.78 bits per heavy atom. The molecule has 0 aromatic heterocycles. The van der Waals surface area contributed by atoms with Crippen LogP contribution in [0.2, 0.25) is 0 Å². The van der Waals surface area contributed by atoms with Crippen molar-refractivity contribution in [2.45, 2.75) is 39.5 Å². The fraction of sp³-hybridized carbons (Fsp3) is 0.889. The first-order chi connectivity index (χ1) is 4.30. The molecule has 0 aromatic rings. The fourth-order valence-corrected chi connectivity index (χ4v) is 1.62. The third-order valence-electron chi connectivity index (χ3n) is 2.43. The van der Waals surface area contributed by atoms with Gasteiger partial charge in [0.15, 0.2) is 0 Å². The minimum atomic E-state index is 0.915. The zero-order valence-corrected chi connectivity index (χ0v) is 6.56. The second kappa shape index (κ2) is 3.24. The highest BCUT2D eigenvalue weighted by Gasteiger charge is 2.11. The number of hydrogen-bond donors (Lipinski definition) is 0. The zero-order valence-electron chi connectivity index (χ0n) is 6.56. The van der Waals surface area contributed by atoms with E-state index in [0.717, 1.165) is 11.8 Å². The molecule has 0 heterocycles. The van der Waals surface area contributed by atoms with Crippen molar-refractivity contribution in [1.82, 2.24) is 0 Å². The van der Waals surface area contributed by atoms with Gasteiger partial charge >= 0.3 is 0 Å². The smallest absolute Gasteiger partial charge is 0.0440 e. The van der Waals surface area contributed by atoms with E-state index >= 15 is 0 Å². The van der Waals surface area contributed by atoms with E-state index in [1.807, 2.05) is 0 Å². The van der Waals surface area contributed by atoms with Crippen LogP contribution in [0.4, 0.5) is 0 Å². The second-order valence-corrected chi connectivity index (χ2v) is 3.45. The van der Waals surface area contributed by atoms with E-state index in [1.54, 1.807) is 0 Å². The van der Waals surface area contributed by atoms with Crippen molar-refractivity contribution in [2.75, 3.05) is 0 Å². The van der Waals surface area contributed by atoms with Crippen molar-refractivity contribution < 1.29 is 0 Å². The summed E-state index contributed by atoms with van der Waals surface area (Å²) in [6.07, 6.45) is 8.04. The molecule has 0 saturated heterocycles. The molecule has 1 fully saturated rings. The summed E-state index contributed by atoms with van der Waals surface area (Å²) in [6.45, 7) is 4.69. The fourth-order valence-electron chi connectivity index (χ4n) is 1.62. The third kappa shape index (κ3) is 2.00. The molecule has 1 saturated carbocycles. The van der Waals surface area contributed by atoms with E-state index in [4.69, 9.17) is 0 Å². The molecule has 0 radical (unpaired) electrons. The van der Waals surface area contributed by atoms with Gasteiger partial charge < -0.3 is 6.42 Å². The molecular weight excluding hydrogens is 108 g/mol. The first kappa shape index (κ1) is 7.11. The Hall–Kier alpha value is 0. The summed E-state index contributed by atoms with van der Waals surface area (Å²) in [4.78, 5) is 0. The molecule has 0 amide bonds. The molecule has 0 nitrogen and oxygen atoms in total. The Morgan fingerprint density at radius 1 is 1.22 bits per heavy atom. The van der Waals surface area contributed by atoms with Crippen LogP contribution in [0.25, 0.3) is 0 Å². The van der Waals surface area contributed by atoms with Gasteiger partial charge in [-0.15, -0.1) is 0 Å². The lowest BCUT2D eigenvalue weighted by Gasteiger charge is -2.30. The van der Waals surface area contributed by atoms with Crippen LogP contribution in [0.3, 0.4) is 0 Å². The summed E-state index contributed by atoms with van der Waals surface area (Å²) >= 11 is 0. The van der Waals surface area contributed by atoms with E-state index in [0.29, 0.717) is 0 Å². The lowest BCUT2D eigenvalue weighted by Crippen LogP contribution is -2.12. The summed E-state index contributed by atoms with van der Waals surface area (Å²) in [5.41, 5.74) is 0. The topological polar surface area (TPSA) is 0 Å². The highest BCUT2D eigenvalue weighted by molar-refractivity contribution is 4.77. The van der Waals surface area contributed by atoms with Crippen LogP contribution in [0.5, 0.6) is 0 Å². The maximum absolute atomic E-state index is 2.43. The molecule has 9 heavy (non-hydrogen) atoms. The van der Waals surface area contributed by atoms with Crippen molar-refractivity contribution in [3.63, 3.8) is 0 Å². The Balaban J connectivity index is 2.23. The molecule has 0 spiro atoms. The summed E-state index contributed by atoms with van der Waals surface area (Å²) in [5, 5.41) is 0. The molecule has 54 valence electrons. The summed E-state index contributed by atoms with van der Waals surface area (Å²) in [7, 11) is 0. The van der Waals surface area contributed by atoms with Crippen LogP contribution in [0.1, 0.15) is 39.5 Å². The van der Waals surface area contributed by atoms with Gasteiger partial charge in [-0.3, -0.25) is 0 Å². The standard InChI is InChI=1S/C9H17/c1-8(2)9-6-4-3-5-7-9/h3,8-9H,4-7H2,1-2H3/q-1. The molecule has 1 aliphatic carbocycles. The molecular formula is C9H17-. The molecule has 0 aliphatic heterocycles. The van der Waals surface area contributed by atoms with Crippen LogP contribution < -0.4 is 0 Å². The quantitative estimate of drug-likeness (QED) is 0.472. The van der Waals surface area contributed by atoms with E-state index in [9.17, 15) is 0 Å². The maximum Gasteiger partial charge on any atom is -0.0440 e. The Bertz CT molecular complexity index is 68.1. The first-order valence-electron chi connectivity index (χ1n) is 4.12. The van der Waals surface area contributed by atoms with Gasteiger partial charge in [0.1, 0.15) is 0 Å². The van der Waals surface area contributed by atoms with Crippen LogP contribution in [-0.2, 0) is 0 Å². The second-order valence-electron chi connectivity index (χ2n) is 3.45. The highest BCUT2D eigenvalue weighted by atomic mass is 14.2. The van der Waals surface area contributed by atoms with Crippen LogP contribution in [0, 0.1) is 18.3 Å². The minimum absolute atomic E-state index is 0.915. The average molecular weight is 125 g/mol. The zero-order chi connectivity index (χ0) is 6.69. The van der Waals surface area contributed by atoms with Gasteiger partial charge in [-0.05, 0) is 11.8 Å². The first-order valence-corrected chi connectivity index (χ1v) is 4.12. The monoisotopic (exact) mass is 125 g/mol. The largest absolute Gasteiger partial charge is 0.328 e. The van der Waals surface area contributed by atoms with Gasteiger partial charge in [0, 0.05) is 0 Å². The molecule has 0 unspecified atom stereocenters. The Kier molecular flexibility index (Phi) is 2.56. The molecule has 0 atom stereocenters. The van der Waals surface area contributed by atoms with Gasteiger partial charge in [0.25, 0.3) is 0 Å². The summed E-state index contributed by atoms with van der Waals surface area (Å²) in [5.74, 6) is 1.94. The lowest BCUT2D eigenvalue weighted by molar-refractivity contribution is 0.308. The number of rotatable bonds is 1. The van der Waals surface area contributed by atoms with Crippen molar-refractivity contribution in [2.24, 2.45) is 11.8 Å². The summed E-state index contributed by atoms with van der Waals surface area (Å²) in [6, 6.07) is 0. The van der Waals surface area contributed by atoms with Gasteiger partial charge in [-0.1, -0.05) is 26.7 Å². The minimum Gasteiger partial charge on any atom is -0.328 e. The Morgan fingerprint density at radius 3 is 2.11 bits per heavy atom. The molecule has 1 rings (SSSR count). The van der Waals surface area contributed by atoms with Crippen LogP contribution in [0.15, 0.2) is 0 Å². The highest BCUT2D eigenvalue weighted by Crippen LogP contribution is 2.28. The Labute approximate surface area is 58.7 Å². The van der Waals surface area contributed by atoms with Crippen LogP contribution in [-0.4, -0.2) is 0 Å². The molecule has 0 heteroatoms. The van der Waals surface area contributed by atoms with Crippen LogP contribution >= 0.6 is 0 Å². The summed E-state index contributed by atoms with van der Waals surface area (Å²) < 4.78 is 0. The van der Waals surface area contributed by atoms with Crippen molar-refractivity contribution in [1.29, 1.82) is 0 Å². The molecule has 1 aliphatic rings. The molecule has 0 aromatic carbocycles. The van der Waals surface area contributed by atoms with Gasteiger partial charge in [0.2, 0.25) is 0 Å². The van der Waals surface area contributed by atoms with Crippen molar-refractivity contribution in [3.8, 4) is 0 Å². The predicted molar refractivity (Wildman–Crippen MR) is 41.1 cm³/mol. The maximum atomic E-state index is 2.43. The van der Waals surface area contributed by atoms with Crippen molar-refractivity contribution in [3.05, 3.63) is 6.42 Å². The molecule has 0 bridgehead atoms. The normalized spacial score (nSPS) is 23.0. The van der Waals surface area contributed by atoms with E-state index in [2.05, 4.69) is 20.3 Å². The molecule has 0 N–H and O–H groups in total. The third-order valence-corrected chi connectivity index (χ3v) is 2.43.